The van der Waals surface area contributed by atoms with E-state index in [0.29, 0.717) is 43.7 Å². The molecule has 0 bridgehead atoms. The van der Waals surface area contributed by atoms with E-state index < -0.39 is 39.5 Å². The van der Waals surface area contributed by atoms with Crippen LogP contribution in [0.25, 0.3) is 0 Å². The highest BCUT2D eigenvalue weighted by Gasteiger charge is 2.34. The van der Waals surface area contributed by atoms with E-state index in [1.165, 1.54) is 23.1 Å². The Morgan fingerprint density at radius 3 is 2.54 bits per heavy atom. The van der Waals surface area contributed by atoms with Crippen LogP contribution in [0.2, 0.25) is 0 Å². The van der Waals surface area contributed by atoms with Crippen molar-refractivity contribution in [3.8, 4) is 0 Å². The Morgan fingerprint density at radius 1 is 1.14 bits per heavy atom. The summed E-state index contributed by atoms with van der Waals surface area (Å²) in [6, 6.07) is 5.43. The van der Waals surface area contributed by atoms with Crippen molar-refractivity contribution in [2.45, 2.75) is 49.3 Å². The van der Waals surface area contributed by atoms with Crippen LogP contribution in [0.15, 0.2) is 41.3 Å². The zero-order valence-corrected chi connectivity index (χ0v) is 20.3. The van der Waals surface area contributed by atoms with Gasteiger partial charge in [-0.1, -0.05) is 18.2 Å². The minimum Gasteiger partial charge on any atom is -0.341 e. The van der Waals surface area contributed by atoms with Crippen molar-refractivity contribution in [2.75, 3.05) is 19.6 Å². The molecule has 2 N–H and O–H groups in total. The van der Waals surface area contributed by atoms with E-state index in [1.54, 1.807) is 0 Å². The van der Waals surface area contributed by atoms with Gasteiger partial charge >= 0.3 is 6.18 Å². The first-order chi connectivity index (χ1) is 16.0. The fourth-order valence-corrected chi connectivity index (χ4v) is 5.63. The first-order valence-corrected chi connectivity index (χ1v) is 12.5. The van der Waals surface area contributed by atoms with Gasteiger partial charge in [0.1, 0.15) is 11.9 Å². The number of halogens is 5. The largest absolute Gasteiger partial charge is 0.416 e. The number of carbonyl (C=O) groups excluding carboxylic acids is 1. The predicted molar refractivity (Wildman–Crippen MR) is 124 cm³/mol. The lowest BCUT2D eigenvalue weighted by Gasteiger charge is -2.25. The van der Waals surface area contributed by atoms with E-state index in [4.69, 9.17) is 0 Å². The molecule has 0 aliphatic carbocycles. The molecule has 0 spiro atoms. The number of hydrogen-bond donors (Lipinski definition) is 2. The Balaban J connectivity index is 0.00000342. The Bertz CT molecular complexity index is 1190. The normalized spacial score (nSPS) is 17.0. The molecule has 4 rings (SSSR count). The zero-order valence-electron chi connectivity index (χ0n) is 18.7. The first-order valence-electron chi connectivity index (χ1n) is 11.0. The molecule has 6 nitrogen and oxygen atoms in total. The summed E-state index contributed by atoms with van der Waals surface area (Å²) in [4.78, 5) is 14.3. The summed E-state index contributed by atoms with van der Waals surface area (Å²) in [5.41, 5.74) is 0.252. The molecule has 12 heteroatoms. The van der Waals surface area contributed by atoms with Crippen LogP contribution in [-0.4, -0.2) is 44.9 Å². The van der Waals surface area contributed by atoms with E-state index in [0.717, 1.165) is 31.0 Å². The fourth-order valence-electron chi connectivity index (χ4n) is 4.38. The van der Waals surface area contributed by atoms with Crippen LogP contribution >= 0.6 is 12.4 Å². The summed E-state index contributed by atoms with van der Waals surface area (Å²) in [5, 5.41) is 3.03. The SMILES string of the molecule is Cl.O=C([C@H](Cc1cccc(C(F)(F)F)c1)NS(=O)(=O)c1cc(F)c2c(c1)CCNC2)N1CCCC1. The summed E-state index contributed by atoms with van der Waals surface area (Å²) >= 11 is 0. The maximum absolute atomic E-state index is 14.6. The van der Waals surface area contributed by atoms with Crippen molar-refractivity contribution in [1.29, 1.82) is 0 Å². The molecule has 2 aliphatic rings. The van der Waals surface area contributed by atoms with E-state index in [-0.39, 0.29) is 29.3 Å². The fraction of sp³-hybridized carbons (Fsp3) is 0.435. The highest BCUT2D eigenvalue weighted by Crippen LogP contribution is 2.30. The Labute approximate surface area is 207 Å². The lowest BCUT2D eigenvalue weighted by Crippen LogP contribution is -2.49. The monoisotopic (exact) mass is 535 g/mol. The number of hydrogen-bond acceptors (Lipinski definition) is 4. The number of nitrogens with zero attached hydrogens (tertiary/aromatic N) is 1. The third-order valence-electron chi connectivity index (χ3n) is 6.15. The molecule has 2 heterocycles. The van der Waals surface area contributed by atoms with Crippen molar-refractivity contribution in [1.82, 2.24) is 14.9 Å². The van der Waals surface area contributed by atoms with Crippen LogP contribution in [0.4, 0.5) is 17.6 Å². The lowest BCUT2D eigenvalue weighted by atomic mass is 10.0. The molecule has 0 unspecified atom stereocenters. The van der Waals surface area contributed by atoms with E-state index in [2.05, 4.69) is 10.0 Å². The number of amides is 1. The smallest absolute Gasteiger partial charge is 0.341 e. The summed E-state index contributed by atoms with van der Waals surface area (Å²) in [5.74, 6) is -1.17. The lowest BCUT2D eigenvalue weighted by molar-refractivity contribution is -0.137. The number of alkyl halides is 3. The molecular weight excluding hydrogens is 510 g/mol. The van der Waals surface area contributed by atoms with Crippen LogP contribution in [0.1, 0.15) is 35.1 Å². The summed E-state index contributed by atoms with van der Waals surface area (Å²) in [7, 11) is -4.33. The number of benzene rings is 2. The number of sulfonamides is 1. The van der Waals surface area contributed by atoms with Crippen molar-refractivity contribution in [3.05, 3.63) is 64.5 Å². The van der Waals surface area contributed by atoms with Crippen LogP contribution in [0.3, 0.4) is 0 Å². The number of carbonyl (C=O) groups is 1. The molecule has 1 fully saturated rings. The zero-order chi connectivity index (χ0) is 24.5. The van der Waals surface area contributed by atoms with Gasteiger partial charge in [-0.15, -0.1) is 12.4 Å². The number of rotatable bonds is 6. The van der Waals surface area contributed by atoms with Crippen molar-refractivity contribution in [2.24, 2.45) is 0 Å². The number of likely N-dealkylation sites (tertiary alicyclic amines) is 1. The van der Waals surface area contributed by atoms with Gasteiger partial charge in [-0.3, -0.25) is 4.79 Å². The Morgan fingerprint density at radius 2 is 1.86 bits per heavy atom. The minimum absolute atomic E-state index is 0. The van der Waals surface area contributed by atoms with Gasteiger partial charge in [0.05, 0.1) is 10.5 Å². The molecule has 2 aromatic rings. The molecule has 0 saturated carbocycles. The van der Waals surface area contributed by atoms with Gasteiger partial charge < -0.3 is 10.2 Å². The van der Waals surface area contributed by atoms with E-state index >= 15 is 0 Å². The highest BCUT2D eigenvalue weighted by molar-refractivity contribution is 7.89. The van der Waals surface area contributed by atoms with Crippen LogP contribution in [0, 0.1) is 5.82 Å². The molecular formula is C23H26ClF4N3O3S. The van der Waals surface area contributed by atoms with Gasteiger partial charge in [-0.25, -0.2) is 12.8 Å². The average Bonchev–Trinajstić information content (AvgIpc) is 3.33. The molecule has 0 radical (unpaired) electrons. The number of nitrogens with one attached hydrogen (secondary N) is 2. The summed E-state index contributed by atoms with van der Waals surface area (Å²) in [6.07, 6.45) is -2.86. The average molecular weight is 536 g/mol. The van der Waals surface area contributed by atoms with Gasteiger partial charge in [0.15, 0.2) is 0 Å². The van der Waals surface area contributed by atoms with Gasteiger partial charge in [0.2, 0.25) is 15.9 Å². The molecule has 35 heavy (non-hydrogen) atoms. The van der Waals surface area contributed by atoms with Crippen LogP contribution < -0.4 is 10.0 Å². The van der Waals surface area contributed by atoms with Gasteiger partial charge in [0, 0.05) is 25.2 Å². The summed E-state index contributed by atoms with van der Waals surface area (Å²) < 4.78 is 82.7. The minimum atomic E-state index is -4.57. The van der Waals surface area contributed by atoms with E-state index in [9.17, 15) is 30.8 Å². The maximum atomic E-state index is 14.6. The van der Waals surface area contributed by atoms with Crippen LogP contribution in [0.5, 0.6) is 0 Å². The Hall–Kier alpha value is -2.21. The van der Waals surface area contributed by atoms with Gasteiger partial charge in [-0.05, 0) is 61.6 Å². The summed E-state index contributed by atoms with van der Waals surface area (Å²) in [6.45, 7) is 1.76. The molecule has 1 saturated heterocycles. The van der Waals surface area contributed by atoms with Gasteiger partial charge in [-0.2, -0.15) is 17.9 Å². The van der Waals surface area contributed by atoms with Gasteiger partial charge in [0.25, 0.3) is 0 Å². The second kappa shape index (κ2) is 10.8. The third kappa shape index (κ3) is 6.32. The van der Waals surface area contributed by atoms with Crippen molar-refractivity contribution >= 4 is 28.3 Å². The second-order valence-corrected chi connectivity index (χ2v) is 10.3. The topological polar surface area (TPSA) is 78.5 Å². The second-order valence-electron chi connectivity index (χ2n) is 8.58. The highest BCUT2D eigenvalue weighted by atomic mass is 35.5. The Kier molecular flexibility index (Phi) is 8.46. The van der Waals surface area contributed by atoms with Crippen molar-refractivity contribution < 1.29 is 30.8 Å². The third-order valence-corrected chi connectivity index (χ3v) is 7.60. The van der Waals surface area contributed by atoms with Crippen molar-refractivity contribution in [3.63, 3.8) is 0 Å². The molecule has 2 aliphatic heterocycles. The first kappa shape index (κ1) is 27.4. The molecule has 1 atom stereocenters. The maximum Gasteiger partial charge on any atom is 0.416 e. The molecule has 192 valence electrons. The standard InChI is InChI=1S/C23H25F4N3O3S.ClH/c24-20-13-18(12-16-6-7-28-14-19(16)20)34(32,33)29-21(22(31)30-8-1-2-9-30)11-15-4-3-5-17(10-15)23(25,26)27;/h3-5,10,12-13,21,28-29H,1-2,6-9,11,14H2;1H/t21-;/m0./s1. The molecule has 2 aromatic carbocycles. The number of fused-ring (bicyclic) bond motifs is 1. The molecule has 1 amide bonds. The molecule has 0 aromatic heterocycles. The quantitative estimate of drug-likeness (QED) is 0.556. The predicted octanol–water partition coefficient (Wildman–Crippen LogP) is 3.42. The van der Waals surface area contributed by atoms with Crippen LogP contribution in [-0.2, 0) is 40.4 Å². The van der Waals surface area contributed by atoms with E-state index in [1.807, 2.05) is 0 Å².